The molecule has 0 aliphatic heterocycles. The van der Waals surface area contributed by atoms with Crippen LogP contribution >= 0.6 is 0 Å². The quantitative estimate of drug-likeness (QED) is 0.651. The number of nitrogens with one attached hydrogen (secondary N) is 2. The molecule has 22 heavy (non-hydrogen) atoms. The molecule has 0 atom stereocenters. The lowest BCUT2D eigenvalue weighted by molar-refractivity contribution is -0.384. The summed E-state index contributed by atoms with van der Waals surface area (Å²) in [6, 6.07) is 10.3. The predicted octanol–water partition coefficient (Wildman–Crippen LogP) is 2.75. The third-order valence-electron chi connectivity index (χ3n) is 3.06. The van der Waals surface area contributed by atoms with Gasteiger partial charge in [0.15, 0.2) is 0 Å². The highest BCUT2D eigenvalue weighted by Gasteiger charge is 2.17. The number of hydrogen-bond acceptors (Lipinski definition) is 5. The molecule has 2 aromatic carbocycles. The highest BCUT2D eigenvalue weighted by atomic mass is 32.2. The topological polar surface area (TPSA) is 101 Å². The van der Waals surface area contributed by atoms with Gasteiger partial charge in [-0.15, -0.1) is 0 Å². The minimum Gasteiger partial charge on any atom is -0.386 e. The minimum atomic E-state index is -3.76. The monoisotopic (exact) mass is 321 g/mol. The zero-order valence-corrected chi connectivity index (χ0v) is 12.8. The fraction of sp³-hybridized carbons (Fsp3) is 0.143. The Hall–Kier alpha value is -2.61. The summed E-state index contributed by atoms with van der Waals surface area (Å²) in [5, 5.41) is 13.5. The molecule has 0 aromatic heterocycles. The summed E-state index contributed by atoms with van der Waals surface area (Å²) in [4.78, 5) is 10.3. The molecule has 2 N–H and O–H groups in total. The van der Waals surface area contributed by atoms with Crippen molar-refractivity contribution in [2.24, 2.45) is 0 Å². The summed E-state index contributed by atoms with van der Waals surface area (Å²) < 4.78 is 27.1. The van der Waals surface area contributed by atoms with E-state index in [1.54, 1.807) is 19.2 Å². The number of anilines is 2. The molecule has 116 valence electrons. The van der Waals surface area contributed by atoms with Crippen molar-refractivity contribution in [1.82, 2.24) is 0 Å². The molecule has 0 bridgehead atoms. The molecule has 0 amide bonds. The van der Waals surface area contributed by atoms with Gasteiger partial charge in [-0.05, 0) is 25.1 Å². The molecule has 2 rings (SSSR count). The molecular weight excluding hydrogens is 306 g/mol. The Morgan fingerprint density at radius 3 is 2.23 bits per heavy atom. The molecule has 0 saturated heterocycles. The number of benzene rings is 2. The highest BCUT2D eigenvalue weighted by Crippen LogP contribution is 2.28. The molecular formula is C14H15N3O4S. The first-order valence-electron chi connectivity index (χ1n) is 6.39. The van der Waals surface area contributed by atoms with E-state index in [-0.39, 0.29) is 16.3 Å². The van der Waals surface area contributed by atoms with Crippen molar-refractivity contribution in [2.45, 2.75) is 11.8 Å². The maximum absolute atomic E-state index is 12.3. The lowest BCUT2D eigenvalue weighted by Gasteiger charge is -2.12. The van der Waals surface area contributed by atoms with Gasteiger partial charge in [0.25, 0.3) is 15.7 Å². The summed E-state index contributed by atoms with van der Waals surface area (Å²) in [5.74, 6) is 0. The van der Waals surface area contributed by atoms with Crippen molar-refractivity contribution in [3.63, 3.8) is 0 Å². The van der Waals surface area contributed by atoms with Crippen LogP contribution in [0.3, 0.4) is 0 Å². The highest BCUT2D eigenvalue weighted by molar-refractivity contribution is 7.92. The Balaban J connectivity index is 2.37. The molecule has 0 spiro atoms. The minimum absolute atomic E-state index is 0.123. The van der Waals surface area contributed by atoms with E-state index in [2.05, 4.69) is 10.0 Å². The van der Waals surface area contributed by atoms with Gasteiger partial charge in [-0.2, -0.15) is 0 Å². The Morgan fingerprint density at radius 1 is 1.05 bits per heavy atom. The summed E-state index contributed by atoms with van der Waals surface area (Å²) in [7, 11) is -2.20. The smallest absolute Gasteiger partial charge is 0.271 e. The number of nitro groups is 1. The van der Waals surface area contributed by atoms with E-state index in [4.69, 9.17) is 0 Å². The second-order valence-electron chi connectivity index (χ2n) is 4.66. The van der Waals surface area contributed by atoms with Crippen LogP contribution in [0.2, 0.25) is 0 Å². The number of hydrogen-bond donors (Lipinski definition) is 2. The van der Waals surface area contributed by atoms with Crippen LogP contribution in [0.15, 0.2) is 47.4 Å². The van der Waals surface area contributed by atoms with Crippen LogP contribution < -0.4 is 10.0 Å². The third-order valence-corrected chi connectivity index (χ3v) is 4.44. The maximum Gasteiger partial charge on any atom is 0.271 e. The largest absolute Gasteiger partial charge is 0.386 e. The first kappa shape index (κ1) is 15.8. The van der Waals surface area contributed by atoms with E-state index in [1.165, 1.54) is 30.3 Å². The molecule has 0 saturated carbocycles. The zero-order valence-electron chi connectivity index (χ0n) is 12.0. The Labute approximate surface area is 128 Å². The van der Waals surface area contributed by atoms with Crippen molar-refractivity contribution >= 4 is 27.1 Å². The van der Waals surface area contributed by atoms with Gasteiger partial charge < -0.3 is 5.32 Å². The van der Waals surface area contributed by atoms with Gasteiger partial charge in [-0.25, -0.2) is 8.42 Å². The van der Waals surface area contributed by atoms with Crippen LogP contribution in [0.5, 0.6) is 0 Å². The zero-order chi connectivity index (χ0) is 16.3. The summed E-state index contributed by atoms with van der Waals surface area (Å²) in [5.41, 5.74) is 1.39. The number of nitro benzene ring substituents is 1. The van der Waals surface area contributed by atoms with E-state index >= 15 is 0 Å². The van der Waals surface area contributed by atoms with Crippen molar-refractivity contribution < 1.29 is 13.3 Å². The van der Waals surface area contributed by atoms with Gasteiger partial charge in [-0.3, -0.25) is 14.8 Å². The Kier molecular flexibility index (Phi) is 4.32. The molecule has 0 aliphatic carbocycles. The van der Waals surface area contributed by atoms with Gasteiger partial charge in [0, 0.05) is 19.2 Å². The number of aryl methyl sites for hydroxylation is 1. The van der Waals surface area contributed by atoms with Crippen molar-refractivity contribution in [3.05, 3.63) is 58.1 Å². The van der Waals surface area contributed by atoms with Crippen LogP contribution in [0.25, 0.3) is 0 Å². The third kappa shape index (κ3) is 3.34. The SMILES string of the molecule is CNc1cc([N+](=O)[O-])ccc1NS(=O)(=O)c1ccc(C)cc1. The Bertz CT molecular complexity index is 801. The van der Waals surface area contributed by atoms with E-state index in [9.17, 15) is 18.5 Å². The lowest BCUT2D eigenvalue weighted by Crippen LogP contribution is -2.14. The van der Waals surface area contributed by atoms with Crippen LogP contribution in [0, 0.1) is 17.0 Å². The second-order valence-corrected chi connectivity index (χ2v) is 6.34. The van der Waals surface area contributed by atoms with Crippen molar-refractivity contribution in [3.8, 4) is 0 Å². The van der Waals surface area contributed by atoms with Gasteiger partial charge in [0.2, 0.25) is 0 Å². The van der Waals surface area contributed by atoms with Crippen LogP contribution in [-0.4, -0.2) is 20.4 Å². The summed E-state index contributed by atoms with van der Waals surface area (Å²) in [6.07, 6.45) is 0. The molecule has 7 nitrogen and oxygen atoms in total. The van der Waals surface area contributed by atoms with Crippen molar-refractivity contribution in [2.75, 3.05) is 17.1 Å². The average molecular weight is 321 g/mol. The standard InChI is InChI=1S/C14H15N3O4S/c1-10-3-6-12(7-4-10)22(20,21)16-13-8-5-11(17(18)19)9-14(13)15-2/h3-9,15-16H,1-2H3. The number of sulfonamides is 1. The molecule has 0 heterocycles. The van der Waals surface area contributed by atoms with Crippen LogP contribution in [0.1, 0.15) is 5.56 Å². The maximum atomic E-state index is 12.3. The first-order valence-corrected chi connectivity index (χ1v) is 7.87. The number of nitrogens with zero attached hydrogens (tertiary/aromatic N) is 1. The summed E-state index contributed by atoms with van der Waals surface area (Å²) in [6.45, 7) is 1.86. The van der Waals surface area contributed by atoms with E-state index in [1.807, 2.05) is 6.92 Å². The second kappa shape index (κ2) is 6.02. The van der Waals surface area contributed by atoms with E-state index in [0.29, 0.717) is 5.69 Å². The van der Waals surface area contributed by atoms with E-state index < -0.39 is 14.9 Å². The number of non-ortho nitro benzene ring substituents is 1. The fourth-order valence-corrected chi connectivity index (χ4v) is 2.94. The van der Waals surface area contributed by atoms with Crippen molar-refractivity contribution in [1.29, 1.82) is 0 Å². The molecule has 0 unspecified atom stereocenters. The normalized spacial score (nSPS) is 11.0. The number of rotatable bonds is 5. The fourth-order valence-electron chi connectivity index (χ4n) is 1.86. The predicted molar refractivity (Wildman–Crippen MR) is 84.6 cm³/mol. The van der Waals surface area contributed by atoms with Gasteiger partial charge in [-0.1, -0.05) is 17.7 Å². The molecule has 0 radical (unpaired) electrons. The van der Waals surface area contributed by atoms with Crippen LogP contribution in [0.4, 0.5) is 17.1 Å². The lowest BCUT2D eigenvalue weighted by atomic mass is 10.2. The molecule has 0 fully saturated rings. The summed E-state index contributed by atoms with van der Waals surface area (Å²) >= 11 is 0. The molecule has 8 heteroatoms. The Morgan fingerprint density at radius 2 is 1.68 bits per heavy atom. The average Bonchev–Trinajstić information content (AvgIpc) is 2.47. The molecule has 0 aliphatic rings. The first-order chi connectivity index (χ1) is 10.3. The van der Waals surface area contributed by atoms with Crippen LogP contribution in [-0.2, 0) is 10.0 Å². The van der Waals surface area contributed by atoms with E-state index in [0.717, 1.165) is 5.56 Å². The van der Waals surface area contributed by atoms with Gasteiger partial charge >= 0.3 is 0 Å². The molecule has 2 aromatic rings. The van der Waals surface area contributed by atoms with Gasteiger partial charge in [0.1, 0.15) is 0 Å². The van der Waals surface area contributed by atoms with Gasteiger partial charge in [0.05, 0.1) is 21.2 Å².